The molecule has 0 fully saturated rings. The minimum atomic E-state index is -3.09. The van der Waals surface area contributed by atoms with E-state index < -0.39 is 9.84 Å². The van der Waals surface area contributed by atoms with Gasteiger partial charge in [0.2, 0.25) is 0 Å². The molecule has 0 unspecified atom stereocenters. The largest absolute Gasteiger partial charge is 0.397 e. The van der Waals surface area contributed by atoms with E-state index >= 15 is 0 Å². The Hall–Kier alpha value is -0.820. The summed E-state index contributed by atoms with van der Waals surface area (Å²) < 4.78 is 24.4. The number of nitrogen functional groups attached to an aromatic ring is 1. The fourth-order valence-electron chi connectivity index (χ4n) is 1.28. The molecule has 7 heteroatoms. The molecule has 1 heterocycles. The van der Waals surface area contributed by atoms with Gasteiger partial charge >= 0.3 is 0 Å². The van der Waals surface area contributed by atoms with Crippen LogP contribution in [0, 0.1) is 6.92 Å². The molecule has 0 radical (unpaired) electrons. The fourth-order valence-corrected chi connectivity index (χ4v) is 2.50. The van der Waals surface area contributed by atoms with Gasteiger partial charge in [-0.25, -0.2) is 8.42 Å². The number of hydrogen-bond acceptors (Lipinski definition) is 4. The molecule has 1 aromatic heterocycles. The number of sulfone groups is 1. The molecule has 0 amide bonds. The highest BCUT2D eigenvalue weighted by molar-refractivity contribution is 9.10. The third kappa shape index (κ3) is 3.32. The maximum atomic E-state index is 11.8. The number of aryl methyl sites for hydroxylation is 1. The van der Waals surface area contributed by atoms with E-state index in [1.54, 1.807) is 13.8 Å². The second kappa shape index (κ2) is 5.22. The van der Waals surface area contributed by atoms with Crippen molar-refractivity contribution in [2.75, 3.05) is 17.2 Å². The zero-order chi connectivity index (χ0) is 13.2. The van der Waals surface area contributed by atoms with Gasteiger partial charge in [0.25, 0.3) is 5.56 Å². The van der Waals surface area contributed by atoms with E-state index in [4.69, 9.17) is 5.73 Å². The summed E-state index contributed by atoms with van der Waals surface area (Å²) in [6.45, 7) is 3.43. The number of hydrogen-bond donors (Lipinski definition) is 1. The van der Waals surface area contributed by atoms with Crippen molar-refractivity contribution in [2.45, 2.75) is 20.4 Å². The smallest absolute Gasteiger partial charge is 0.265 e. The lowest BCUT2D eigenvalue weighted by atomic mass is 10.2. The van der Waals surface area contributed by atoms with Gasteiger partial charge in [-0.05, 0) is 28.4 Å². The number of nitrogens with two attached hydrogens (primary N) is 1. The van der Waals surface area contributed by atoms with Gasteiger partial charge < -0.3 is 10.3 Å². The third-order valence-corrected chi connectivity index (χ3v) is 5.21. The Balaban J connectivity index is 3.06. The van der Waals surface area contributed by atoms with Crippen LogP contribution in [0.4, 0.5) is 5.69 Å². The summed E-state index contributed by atoms with van der Waals surface area (Å²) in [4.78, 5) is 11.8. The van der Waals surface area contributed by atoms with Crippen molar-refractivity contribution in [1.29, 1.82) is 0 Å². The highest BCUT2D eigenvalue weighted by atomic mass is 79.9. The Labute approximate surface area is 109 Å². The van der Waals surface area contributed by atoms with Crippen molar-refractivity contribution in [1.82, 2.24) is 4.57 Å². The van der Waals surface area contributed by atoms with E-state index in [2.05, 4.69) is 15.9 Å². The highest BCUT2D eigenvalue weighted by Crippen LogP contribution is 2.16. The van der Waals surface area contributed by atoms with E-state index in [-0.39, 0.29) is 23.6 Å². The molecule has 96 valence electrons. The van der Waals surface area contributed by atoms with Crippen molar-refractivity contribution in [3.8, 4) is 0 Å². The predicted molar refractivity (Wildman–Crippen MR) is 71.9 cm³/mol. The van der Waals surface area contributed by atoms with Crippen LogP contribution in [-0.2, 0) is 16.4 Å². The SMILES string of the molecule is CCS(=O)(=O)CCn1cc(N)c(C)c(Br)c1=O. The topological polar surface area (TPSA) is 82.2 Å². The molecule has 0 bridgehead atoms. The maximum absolute atomic E-state index is 11.8. The molecule has 5 nitrogen and oxygen atoms in total. The van der Waals surface area contributed by atoms with E-state index in [0.29, 0.717) is 15.7 Å². The molecule has 0 aliphatic carbocycles. The third-order valence-electron chi connectivity index (χ3n) is 2.59. The van der Waals surface area contributed by atoms with E-state index in [0.717, 1.165) is 0 Å². The molecule has 0 saturated carbocycles. The van der Waals surface area contributed by atoms with Crippen molar-refractivity contribution in [2.24, 2.45) is 0 Å². The first-order valence-electron chi connectivity index (χ1n) is 5.14. The van der Waals surface area contributed by atoms with Crippen molar-refractivity contribution in [3.63, 3.8) is 0 Å². The Morgan fingerprint density at radius 2 is 2.06 bits per heavy atom. The van der Waals surface area contributed by atoms with Gasteiger partial charge in [0, 0.05) is 18.5 Å². The minimum absolute atomic E-state index is 0.0572. The van der Waals surface area contributed by atoms with Crippen LogP contribution in [0.3, 0.4) is 0 Å². The minimum Gasteiger partial charge on any atom is -0.397 e. The van der Waals surface area contributed by atoms with Gasteiger partial charge in [0.15, 0.2) is 9.84 Å². The molecule has 0 atom stereocenters. The van der Waals surface area contributed by atoms with Gasteiger partial charge in [-0.1, -0.05) is 6.92 Å². The number of rotatable bonds is 4. The molecular weight excluding hydrogens is 308 g/mol. The molecule has 0 aromatic carbocycles. The van der Waals surface area contributed by atoms with E-state index in [1.807, 2.05) is 0 Å². The molecule has 0 saturated heterocycles. The molecule has 1 aromatic rings. The van der Waals surface area contributed by atoms with Crippen LogP contribution < -0.4 is 11.3 Å². The van der Waals surface area contributed by atoms with Gasteiger partial charge in [0.05, 0.1) is 15.9 Å². The molecule has 0 spiro atoms. The molecule has 2 N–H and O–H groups in total. The average Bonchev–Trinajstić information content (AvgIpc) is 2.29. The second-order valence-corrected chi connectivity index (χ2v) is 7.02. The van der Waals surface area contributed by atoms with Gasteiger partial charge in [0.1, 0.15) is 0 Å². The second-order valence-electron chi connectivity index (χ2n) is 3.76. The summed E-state index contributed by atoms with van der Waals surface area (Å²) >= 11 is 3.16. The standard InChI is InChI=1S/C10H15BrN2O3S/c1-3-17(15,16)5-4-13-6-8(12)7(2)9(11)10(13)14/h6H,3-5,12H2,1-2H3. The maximum Gasteiger partial charge on any atom is 0.265 e. The predicted octanol–water partition coefficient (Wildman–Crippen LogP) is 0.936. The molecular formula is C10H15BrN2O3S. The van der Waals surface area contributed by atoms with E-state index in [1.165, 1.54) is 10.8 Å². The van der Waals surface area contributed by atoms with Gasteiger partial charge in [-0.3, -0.25) is 4.79 Å². The molecule has 0 aliphatic heterocycles. The Kier molecular flexibility index (Phi) is 4.37. The van der Waals surface area contributed by atoms with Crippen LogP contribution in [0.2, 0.25) is 0 Å². The first-order valence-corrected chi connectivity index (χ1v) is 7.75. The summed E-state index contributed by atoms with van der Waals surface area (Å²) in [6.07, 6.45) is 1.48. The zero-order valence-corrected chi connectivity index (χ0v) is 12.1. The monoisotopic (exact) mass is 322 g/mol. The van der Waals surface area contributed by atoms with E-state index in [9.17, 15) is 13.2 Å². The summed E-state index contributed by atoms with van der Waals surface area (Å²) in [5, 5.41) is 0. The molecule has 17 heavy (non-hydrogen) atoms. The van der Waals surface area contributed by atoms with Gasteiger partial charge in [-0.15, -0.1) is 0 Å². The van der Waals surface area contributed by atoms with Crippen LogP contribution in [0.25, 0.3) is 0 Å². The lowest BCUT2D eigenvalue weighted by Gasteiger charge is -2.10. The number of halogens is 1. The quantitative estimate of drug-likeness (QED) is 0.894. The van der Waals surface area contributed by atoms with Crippen LogP contribution in [0.15, 0.2) is 15.5 Å². The normalized spacial score (nSPS) is 11.7. The average molecular weight is 323 g/mol. The van der Waals surface area contributed by atoms with Crippen molar-refractivity contribution in [3.05, 3.63) is 26.6 Å². The molecule has 1 rings (SSSR count). The summed E-state index contributed by atoms with van der Waals surface area (Å²) in [7, 11) is -3.09. The fraction of sp³-hybridized carbons (Fsp3) is 0.500. The lowest BCUT2D eigenvalue weighted by molar-refractivity contribution is 0.588. The van der Waals surface area contributed by atoms with Crippen LogP contribution in [-0.4, -0.2) is 24.5 Å². The summed E-state index contributed by atoms with van der Waals surface area (Å²) in [6, 6.07) is 0. The Morgan fingerprint density at radius 1 is 1.47 bits per heavy atom. The van der Waals surface area contributed by atoms with Crippen molar-refractivity contribution < 1.29 is 8.42 Å². The number of pyridine rings is 1. The first-order chi connectivity index (χ1) is 7.78. The number of aromatic nitrogens is 1. The first kappa shape index (κ1) is 14.2. The summed E-state index contributed by atoms with van der Waals surface area (Å²) in [5.74, 6) is 0.0165. The number of anilines is 1. The lowest BCUT2D eigenvalue weighted by Crippen LogP contribution is -2.26. The number of nitrogens with zero attached hydrogens (tertiary/aromatic N) is 1. The Morgan fingerprint density at radius 3 is 2.59 bits per heavy atom. The van der Waals surface area contributed by atoms with Gasteiger partial charge in [-0.2, -0.15) is 0 Å². The van der Waals surface area contributed by atoms with Crippen LogP contribution in [0.1, 0.15) is 12.5 Å². The highest BCUT2D eigenvalue weighted by Gasteiger charge is 2.11. The summed E-state index contributed by atoms with van der Waals surface area (Å²) in [5.41, 5.74) is 6.60. The van der Waals surface area contributed by atoms with Crippen LogP contribution in [0.5, 0.6) is 0 Å². The van der Waals surface area contributed by atoms with Crippen molar-refractivity contribution >= 4 is 31.5 Å². The molecule has 0 aliphatic rings. The zero-order valence-electron chi connectivity index (χ0n) is 9.73. The Bertz CT molecular complexity index is 578. The van der Waals surface area contributed by atoms with Crippen LogP contribution >= 0.6 is 15.9 Å².